The summed E-state index contributed by atoms with van der Waals surface area (Å²) in [5.74, 6) is 1.39. The number of amides is 1. The summed E-state index contributed by atoms with van der Waals surface area (Å²) in [6.45, 7) is 6.61. The number of carbonyl (C=O) groups is 1. The Morgan fingerprint density at radius 2 is 1.61 bits per heavy atom. The highest BCUT2D eigenvalue weighted by Gasteiger charge is 2.49. The van der Waals surface area contributed by atoms with Gasteiger partial charge in [-0.1, -0.05) is 48.5 Å². The number of nitrogens with one attached hydrogen (secondary N) is 1. The van der Waals surface area contributed by atoms with E-state index in [0.29, 0.717) is 51.1 Å². The van der Waals surface area contributed by atoms with Crippen LogP contribution in [-0.4, -0.2) is 66.3 Å². The summed E-state index contributed by atoms with van der Waals surface area (Å²) >= 11 is 0. The van der Waals surface area contributed by atoms with Gasteiger partial charge in [-0.25, -0.2) is 4.79 Å². The molecule has 1 amide bonds. The van der Waals surface area contributed by atoms with Crippen molar-refractivity contribution in [2.75, 3.05) is 32.7 Å². The fourth-order valence-electron chi connectivity index (χ4n) is 5.50. The zero-order valence-corrected chi connectivity index (χ0v) is 22.0. The van der Waals surface area contributed by atoms with Crippen LogP contribution in [0.25, 0.3) is 11.1 Å². The van der Waals surface area contributed by atoms with Crippen LogP contribution in [0, 0.1) is 0 Å². The van der Waals surface area contributed by atoms with Gasteiger partial charge in [-0.2, -0.15) is 18.2 Å². The summed E-state index contributed by atoms with van der Waals surface area (Å²) in [4.78, 5) is 33.1. The smallest absolute Gasteiger partial charge is 0.363 e. The lowest BCUT2D eigenvalue weighted by Crippen LogP contribution is -2.48. The van der Waals surface area contributed by atoms with Gasteiger partial charge in [-0.15, -0.1) is 0 Å². The molecular formula is C29H34F3N3O3. The maximum Gasteiger partial charge on any atom is 0.405 e. The van der Waals surface area contributed by atoms with E-state index in [2.05, 4.69) is 5.32 Å². The maximum absolute atomic E-state index is 13.6. The number of fused-ring (bicyclic) bond motifs is 3. The first-order valence-corrected chi connectivity index (χ1v) is 12.9. The molecule has 9 heteroatoms. The zero-order valence-electron chi connectivity index (χ0n) is 22.0. The summed E-state index contributed by atoms with van der Waals surface area (Å²) in [7, 11) is 0. The second-order valence-electron chi connectivity index (χ2n) is 10.9. The van der Waals surface area contributed by atoms with Crippen molar-refractivity contribution in [3.8, 4) is 11.1 Å². The van der Waals surface area contributed by atoms with E-state index < -0.39 is 24.0 Å². The van der Waals surface area contributed by atoms with E-state index >= 15 is 0 Å². The molecule has 2 aromatic rings. The average Bonchev–Trinajstić information content (AvgIpc) is 3.15. The monoisotopic (exact) mass is 529 g/mol. The van der Waals surface area contributed by atoms with Crippen LogP contribution in [0.3, 0.4) is 0 Å². The second kappa shape index (κ2) is 10.9. The standard InChI is InChI=1S/C29H34F3N3O3/c1-27(2,3)38-35-17-16-34(21(18-35)19-36)15-9-8-14-28(26(37)33-20-29(30,31)32)24-12-6-4-10-22(24)23-11-5-7-13-25(23)28/h4-7,10-13H,8-9,14-18,20H2,1-3H3,(H,33,37). The maximum atomic E-state index is 13.6. The number of alkyl halides is 3. The van der Waals surface area contributed by atoms with Gasteiger partial charge in [-0.3, -0.25) is 9.63 Å². The van der Waals surface area contributed by atoms with Crippen LogP contribution in [0.5, 0.6) is 0 Å². The van der Waals surface area contributed by atoms with Crippen molar-refractivity contribution in [1.29, 1.82) is 0 Å². The molecule has 1 aliphatic heterocycles. The Morgan fingerprint density at radius 3 is 2.16 bits per heavy atom. The van der Waals surface area contributed by atoms with E-state index in [-0.39, 0.29) is 5.60 Å². The minimum absolute atomic E-state index is 0.339. The Balaban J connectivity index is 1.51. The molecule has 1 N–H and O–H groups in total. The third kappa shape index (κ3) is 5.96. The minimum Gasteiger partial charge on any atom is -0.363 e. The highest BCUT2D eigenvalue weighted by atomic mass is 19.4. The fourth-order valence-corrected chi connectivity index (χ4v) is 5.50. The molecule has 1 fully saturated rings. The molecule has 204 valence electrons. The Hall–Kier alpha value is -3.13. The number of nitrogens with zero attached hydrogens (tertiary/aromatic N) is 2. The van der Waals surface area contributed by atoms with Gasteiger partial charge in [-0.05, 0) is 62.3 Å². The lowest BCUT2D eigenvalue weighted by atomic mass is 9.73. The van der Waals surface area contributed by atoms with Gasteiger partial charge < -0.3 is 10.2 Å². The fraction of sp³-hybridized carbons (Fsp3) is 0.483. The molecule has 6 nitrogen and oxygen atoms in total. The topological polar surface area (TPSA) is 61.9 Å². The third-order valence-corrected chi connectivity index (χ3v) is 6.98. The Bertz CT molecular complexity index is 1170. The van der Waals surface area contributed by atoms with Gasteiger partial charge in [0, 0.05) is 19.6 Å². The van der Waals surface area contributed by atoms with Gasteiger partial charge in [0.2, 0.25) is 5.91 Å². The van der Waals surface area contributed by atoms with E-state index in [4.69, 9.17) is 4.84 Å². The van der Waals surface area contributed by atoms with Crippen molar-refractivity contribution in [1.82, 2.24) is 15.3 Å². The molecule has 38 heavy (non-hydrogen) atoms. The van der Waals surface area contributed by atoms with Crippen LogP contribution >= 0.6 is 0 Å². The molecule has 0 unspecified atom stereocenters. The number of unbranched alkanes of at least 4 members (excludes halogenated alkanes) is 1. The highest BCUT2D eigenvalue weighted by molar-refractivity contribution is 6.00. The van der Waals surface area contributed by atoms with Crippen molar-refractivity contribution >= 4 is 11.8 Å². The summed E-state index contributed by atoms with van der Waals surface area (Å²) in [6, 6.07) is 14.9. The van der Waals surface area contributed by atoms with E-state index in [0.717, 1.165) is 22.3 Å². The van der Waals surface area contributed by atoms with Crippen LogP contribution in [-0.2, 0) is 19.8 Å². The van der Waals surface area contributed by atoms with Crippen molar-refractivity contribution in [2.45, 2.75) is 57.2 Å². The number of rotatable bonds is 8. The summed E-state index contributed by atoms with van der Waals surface area (Å²) < 4.78 is 39.2. The Kier molecular flexibility index (Phi) is 8.02. The normalized spacial score (nSPS) is 17.1. The molecule has 2 aliphatic rings. The Labute approximate surface area is 221 Å². The van der Waals surface area contributed by atoms with E-state index in [9.17, 15) is 22.8 Å². The van der Waals surface area contributed by atoms with E-state index in [1.807, 2.05) is 80.1 Å². The number of halogens is 3. The van der Waals surface area contributed by atoms with Gasteiger partial charge in [0.15, 0.2) is 0 Å². The third-order valence-electron chi connectivity index (χ3n) is 6.98. The van der Waals surface area contributed by atoms with E-state index in [1.165, 1.54) is 0 Å². The number of benzene rings is 2. The highest BCUT2D eigenvalue weighted by Crippen LogP contribution is 2.51. The predicted molar refractivity (Wildman–Crippen MR) is 139 cm³/mol. The predicted octanol–water partition coefficient (Wildman–Crippen LogP) is 4.87. The first kappa shape index (κ1) is 27.9. The largest absolute Gasteiger partial charge is 0.405 e. The van der Waals surface area contributed by atoms with Crippen LogP contribution in [0.1, 0.15) is 51.2 Å². The van der Waals surface area contributed by atoms with Crippen molar-refractivity contribution < 1.29 is 27.6 Å². The first-order chi connectivity index (χ1) is 17.9. The SMILES string of the molecule is CC(C)(C)ON1CCN(CCCCC2(C(=O)NCC(F)(F)F)c3ccccc3-c3ccccc32)C(=C=O)C1. The molecular weight excluding hydrogens is 495 g/mol. The van der Waals surface area contributed by atoms with Gasteiger partial charge >= 0.3 is 6.18 Å². The van der Waals surface area contributed by atoms with Crippen molar-refractivity contribution in [3.63, 3.8) is 0 Å². The van der Waals surface area contributed by atoms with Crippen molar-refractivity contribution in [2.24, 2.45) is 0 Å². The van der Waals surface area contributed by atoms with Crippen molar-refractivity contribution in [3.05, 3.63) is 65.4 Å². The number of piperazine rings is 1. The van der Waals surface area contributed by atoms with E-state index in [1.54, 1.807) is 5.06 Å². The molecule has 0 aromatic heterocycles. The number of hydroxylamine groups is 2. The molecule has 4 rings (SSSR count). The van der Waals surface area contributed by atoms with Gasteiger partial charge in [0.25, 0.3) is 0 Å². The first-order valence-electron chi connectivity index (χ1n) is 12.9. The molecule has 0 bridgehead atoms. The van der Waals surface area contributed by atoms with Crippen LogP contribution < -0.4 is 5.32 Å². The number of hydrogen-bond acceptors (Lipinski definition) is 5. The quantitative estimate of drug-likeness (QED) is 0.391. The lowest BCUT2D eigenvalue weighted by Gasteiger charge is -2.38. The molecule has 0 spiro atoms. The summed E-state index contributed by atoms with van der Waals surface area (Å²) in [6.07, 6.45) is -2.93. The average molecular weight is 530 g/mol. The number of carbonyl (C=O) groups excluding carboxylic acids is 2. The molecule has 0 saturated carbocycles. The molecule has 2 aromatic carbocycles. The molecule has 0 atom stereocenters. The lowest BCUT2D eigenvalue weighted by molar-refractivity contribution is -0.233. The zero-order chi connectivity index (χ0) is 27.6. The summed E-state index contributed by atoms with van der Waals surface area (Å²) in [5, 5.41) is 3.93. The van der Waals surface area contributed by atoms with Crippen LogP contribution in [0.15, 0.2) is 54.2 Å². The van der Waals surface area contributed by atoms with Gasteiger partial charge in [0.05, 0.1) is 12.1 Å². The van der Waals surface area contributed by atoms with Gasteiger partial charge in [0.1, 0.15) is 23.6 Å². The summed E-state index contributed by atoms with van der Waals surface area (Å²) in [5.41, 5.74) is 2.10. The van der Waals surface area contributed by atoms with Crippen LogP contribution in [0.4, 0.5) is 13.2 Å². The molecule has 1 heterocycles. The minimum atomic E-state index is -4.51. The second-order valence-corrected chi connectivity index (χ2v) is 10.9. The Morgan fingerprint density at radius 1 is 1.00 bits per heavy atom. The molecule has 1 saturated heterocycles. The van der Waals surface area contributed by atoms with Crippen LogP contribution in [0.2, 0.25) is 0 Å². The number of hydrogen-bond donors (Lipinski definition) is 1. The molecule has 0 radical (unpaired) electrons. The molecule has 1 aliphatic carbocycles.